The van der Waals surface area contributed by atoms with Crippen LogP contribution in [-0.4, -0.2) is 72.2 Å². The van der Waals surface area contributed by atoms with Gasteiger partial charge in [0.15, 0.2) is 12.2 Å². The van der Waals surface area contributed by atoms with E-state index < -0.39 is 30.1 Å². The second kappa shape index (κ2) is 13.2. The molecule has 0 bridgehead atoms. The lowest BCUT2D eigenvalue weighted by Crippen LogP contribution is -2.51. The minimum Gasteiger partial charge on any atom is -0.479 e. The van der Waals surface area contributed by atoms with Gasteiger partial charge in [-0.2, -0.15) is 0 Å². The van der Waals surface area contributed by atoms with Gasteiger partial charge in [0, 0.05) is 19.5 Å². The Morgan fingerprint density at radius 1 is 1.03 bits per heavy atom. The van der Waals surface area contributed by atoms with Crippen molar-refractivity contribution >= 4 is 30.2 Å². The maximum Gasteiger partial charge on any atom is 0.336 e. The van der Waals surface area contributed by atoms with Gasteiger partial charge in [-0.15, -0.1) is 12.4 Å². The number of carbonyl (C=O) groups is 3. The fraction of sp³-hybridized carbons (Fsp3) is 0.550. The normalized spacial score (nSPS) is 18.1. The first-order chi connectivity index (χ1) is 14.0. The molecule has 0 aromatic heterocycles. The van der Waals surface area contributed by atoms with Gasteiger partial charge < -0.3 is 31.5 Å². The van der Waals surface area contributed by atoms with E-state index in [1.807, 2.05) is 30.3 Å². The topological polar surface area (TPSA) is 151 Å². The number of rotatable bonds is 13. The summed E-state index contributed by atoms with van der Waals surface area (Å²) < 4.78 is 4.91. The van der Waals surface area contributed by atoms with Gasteiger partial charge >= 0.3 is 5.97 Å². The van der Waals surface area contributed by atoms with Gasteiger partial charge in [0.05, 0.1) is 0 Å². The predicted octanol–water partition coefficient (Wildman–Crippen LogP) is -0.0960. The number of hydrogen-bond donors (Lipinski definition) is 4. The standard InChI is InChI=1S/C20H30N4O5.ClH/c21-9-4-5-11-24(12-6-10-22)19(26)15(13-14-7-2-1-3-8-14)23-18(25)16-17(29-16)20(27)28;/h1-3,7-8,15-17H,4-6,9-13,21-22H2,(H,23,25)(H,27,28);1H/t15-,16-,17-;/m0./s1. The quantitative estimate of drug-likeness (QED) is 0.246. The van der Waals surface area contributed by atoms with Crippen LogP contribution in [0.1, 0.15) is 24.8 Å². The smallest absolute Gasteiger partial charge is 0.336 e. The Bertz CT molecular complexity index is 691. The number of hydrogen-bond acceptors (Lipinski definition) is 6. The molecule has 2 rings (SSSR count). The summed E-state index contributed by atoms with van der Waals surface area (Å²) in [6.07, 6.45) is 0.275. The molecule has 30 heavy (non-hydrogen) atoms. The monoisotopic (exact) mass is 442 g/mol. The first-order valence-corrected chi connectivity index (χ1v) is 9.89. The Balaban J connectivity index is 0.00000450. The van der Waals surface area contributed by atoms with Crippen LogP contribution in [0.5, 0.6) is 0 Å². The zero-order chi connectivity index (χ0) is 21.2. The molecule has 0 radical (unpaired) electrons. The van der Waals surface area contributed by atoms with Gasteiger partial charge in [-0.3, -0.25) is 9.59 Å². The molecule has 168 valence electrons. The molecule has 0 aliphatic carbocycles. The molecule has 10 heteroatoms. The molecular formula is C20H31ClN4O5. The van der Waals surface area contributed by atoms with Gasteiger partial charge in [-0.05, 0) is 37.9 Å². The summed E-state index contributed by atoms with van der Waals surface area (Å²) in [6, 6.07) is 8.51. The maximum atomic E-state index is 13.2. The number of carboxylic acids is 1. The summed E-state index contributed by atoms with van der Waals surface area (Å²) >= 11 is 0. The fourth-order valence-corrected chi connectivity index (χ4v) is 3.09. The third-order valence-corrected chi connectivity index (χ3v) is 4.72. The van der Waals surface area contributed by atoms with Gasteiger partial charge in [0.1, 0.15) is 6.04 Å². The zero-order valence-electron chi connectivity index (χ0n) is 16.9. The van der Waals surface area contributed by atoms with Gasteiger partial charge in [0.2, 0.25) is 5.91 Å². The molecule has 9 nitrogen and oxygen atoms in total. The summed E-state index contributed by atoms with van der Waals surface area (Å²) in [5.41, 5.74) is 12.0. The van der Waals surface area contributed by atoms with Crippen LogP contribution < -0.4 is 16.8 Å². The number of benzene rings is 1. The minimum absolute atomic E-state index is 0. The highest BCUT2D eigenvalue weighted by molar-refractivity contribution is 5.95. The average Bonchev–Trinajstić information content (AvgIpc) is 3.52. The largest absolute Gasteiger partial charge is 0.479 e. The van der Waals surface area contributed by atoms with Gasteiger partial charge in [-0.1, -0.05) is 30.3 Å². The predicted molar refractivity (Wildman–Crippen MR) is 114 cm³/mol. The fourth-order valence-electron chi connectivity index (χ4n) is 3.09. The van der Waals surface area contributed by atoms with Crippen LogP contribution in [0, 0.1) is 0 Å². The van der Waals surface area contributed by atoms with Crippen molar-refractivity contribution in [1.29, 1.82) is 0 Å². The highest BCUT2D eigenvalue weighted by atomic mass is 35.5. The Labute approximate surface area is 182 Å². The van der Waals surface area contributed by atoms with Crippen molar-refractivity contribution in [3.05, 3.63) is 35.9 Å². The molecule has 3 atom stereocenters. The van der Waals surface area contributed by atoms with E-state index in [0.717, 1.165) is 18.4 Å². The number of nitrogens with one attached hydrogen (secondary N) is 1. The summed E-state index contributed by atoms with van der Waals surface area (Å²) in [5, 5.41) is 11.6. The van der Waals surface area contributed by atoms with Crippen molar-refractivity contribution in [1.82, 2.24) is 10.2 Å². The van der Waals surface area contributed by atoms with Crippen molar-refractivity contribution in [2.45, 2.75) is 43.9 Å². The van der Waals surface area contributed by atoms with Crippen molar-refractivity contribution in [3.63, 3.8) is 0 Å². The number of halogens is 1. The molecule has 2 amide bonds. The molecule has 0 saturated carbocycles. The molecule has 1 fully saturated rings. The number of amides is 2. The lowest BCUT2D eigenvalue weighted by atomic mass is 10.0. The van der Waals surface area contributed by atoms with Crippen LogP contribution in [0.3, 0.4) is 0 Å². The van der Waals surface area contributed by atoms with Gasteiger partial charge in [0.25, 0.3) is 5.91 Å². The number of carboxylic acid groups (broad SMARTS) is 1. The number of nitrogens with zero attached hydrogens (tertiary/aromatic N) is 1. The first-order valence-electron chi connectivity index (χ1n) is 9.89. The van der Waals surface area contributed by atoms with Crippen molar-refractivity contribution in [3.8, 4) is 0 Å². The van der Waals surface area contributed by atoms with E-state index in [-0.39, 0.29) is 18.3 Å². The molecule has 6 N–H and O–H groups in total. The molecule has 0 spiro atoms. The van der Waals surface area contributed by atoms with Crippen LogP contribution in [0.4, 0.5) is 0 Å². The number of unbranched alkanes of at least 4 members (excludes halogenated alkanes) is 1. The average molecular weight is 443 g/mol. The highest BCUT2D eigenvalue weighted by Gasteiger charge is 2.51. The van der Waals surface area contributed by atoms with E-state index in [1.54, 1.807) is 4.90 Å². The van der Waals surface area contributed by atoms with Crippen LogP contribution in [-0.2, 0) is 25.5 Å². The first kappa shape index (κ1) is 25.8. The van der Waals surface area contributed by atoms with Crippen molar-refractivity contribution < 1.29 is 24.2 Å². The summed E-state index contributed by atoms with van der Waals surface area (Å²) in [7, 11) is 0. The molecule has 0 unspecified atom stereocenters. The van der Waals surface area contributed by atoms with E-state index in [4.69, 9.17) is 21.3 Å². The summed E-state index contributed by atoms with van der Waals surface area (Å²) in [5.74, 6) is -2.00. The molecule has 1 saturated heterocycles. The Hall–Kier alpha value is -2.20. The number of ether oxygens (including phenoxy) is 1. The van der Waals surface area contributed by atoms with Crippen LogP contribution in [0.15, 0.2) is 30.3 Å². The lowest BCUT2D eigenvalue weighted by molar-refractivity contribution is -0.138. The molecular weight excluding hydrogens is 412 g/mol. The summed E-state index contributed by atoms with van der Waals surface area (Å²) in [6.45, 7) is 2.00. The molecule has 1 aliphatic heterocycles. The number of aliphatic carboxylic acids is 1. The molecule has 1 aliphatic rings. The second-order valence-corrected chi connectivity index (χ2v) is 7.03. The van der Waals surface area contributed by atoms with E-state index in [0.29, 0.717) is 39.0 Å². The lowest BCUT2D eigenvalue weighted by Gasteiger charge is -2.28. The van der Waals surface area contributed by atoms with Crippen LogP contribution >= 0.6 is 12.4 Å². The highest BCUT2D eigenvalue weighted by Crippen LogP contribution is 2.22. The summed E-state index contributed by atoms with van der Waals surface area (Å²) in [4.78, 5) is 38.3. The number of epoxide rings is 1. The Morgan fingerprint density at radius 2 is 1.67 bits per heavy atom. The Morgan fingerprint density at radius 3 is 2.23 bits per heavy atom. The molecule has 1 aromatic rings. The van der Waals surface area contributed by atoms with E-state index in [1.165, 1.54) is 0 Å². The maximum absolute atomic E-state index is 13.2. The van der Waals surface area contributed by atoms with E-state index >= 15 is 0 Å². The van der Waals surface area contributed by atoms with Crippen LogP contribution in [0.2, 0.25) is 0 Å². The zero-order valence-corrected chi connectivity index (χ0v) is 17.7. The molecule has 1 aromatic carbocycles. The van der Waals surface area contributed by atoms with Crippen molar-refractivity contribution in [2.24, 2.45) is 11.5 Å². The van der Waals surface area contributed by atoms with E-state index in [2.05, 4.69) is 5.32 Å². The minimum atomic E-state index is -1.19. The van der Waals surface area contributed by atoms with Crippen molar-refractivity contribution in [2.75, 3.05) is 26.2 Å². The Kier molecular flexibility index (Phi) is 11.3. The van der Waals surface area contributed by atoms with Crippen LogP contribution in [0.25, 0.3) is 0 Å². The third-order valence-electron chi connectivity index (χ3n) is 4.72. The van der Waals surface area contributed by atoms with E-state index in [9.17, 15) is 14.4 Å². The third kappa shape index (κ3) is 7.91. The SMILES string of the molecule is Cl.NCCCCN(CCCN)C(=O)[C@H](Cc1ccccc1)NC(=O)[C@H]1O[C@@H]1C(=O)O. The number of nitrogens with two attached hydrogens (primary N) is 2. The second-order valence-electron chi connectivity index (χ2n) is 7.03. The number of carbonyl (C=O) groups excluding carboxylic acids is 2. The molecule has 1 heterocycles. The van der Waals surface area contributed by atoms with Gasteiger partial charge in [-0.25, -0.2) is 4.79 Å².